The molecular formula is C16H17N3O2S. The summed E-state index contributed by atoms with van der Waals surface area (Å²) in [5.74, 6) is -0.847. The summed E-state index contributed by atoms with van der Waals surface area (Å²) >= 11 is 1.33. The lowest BCUT2D eigenvalue weighted by Crippen LogP contribution is -2.18. The Labute approximate surface area is 134 Å². The monoisotopic (exact) mass is 315 g/mol. The molecule has 0 N–H and O–H groups in total. The van der Waals surface area contributed by atoms with Crippen molar-refractivity contribution in [1.29, 1.82) is 15.8 Å². The minimum absolute atomic E-state index is 0.0216. The van der Waals surface area contributed by atoms with Crippen LogP contribution in [0.4, 0.5) is 0 Å². The topological polar surface area (TPSA) is 97.7 Å². The number of hydrogen-bond acceptors (Lipinski definition) is 6. The van der Waals surface area contributed by atoms with Gasteiger partial charge in [-0.2, -0.15) is 15.8 Å². The summed E-state index contributed by atoms with van der Waals surface area (Å²) in [6, 6.07) is 5.76. The average Bonchev–Trinajstić information content (AvgIpc) is 2.54. The van der Waals surface area contributed by atoms with Crippen LogP contribution in [0, 0.1) is 39.9 Å². The van der Waals surface area contributed by atoms with Gasteiger partial charge in [-0.1, -0.05) is 6.42 Å². The Morgan fingerprint density at radius 3 is 2.45 bits per heavy atom. The summed E-state index contributed by atoms with van der Waals surface area (Å²) in [5.41, 5.74) is 0.769. The summed E-state index contributed by atoms with van der Waals surface area (Å²) in [5, 5.41) is 27.6. The maximum absolute atomic E-state index is 12.0. The fourth-order valence-electron chi connectivity index (χ4n) is 2.61. The maximum atomic E-state index is 12.0. The van der Waals surface area contributed by atoms with Gasteiger partial charge < -0.3 is 4.74 Å². The number of rotatable bonds is 4. The van der Waals surface area contributed by atoms with Gasteiger partial charge in [-0.3, -0.25) is 0 Å². The van der Waals surface area contributed by atoms with Gasteiger partial charge >= 0.3 is 5.97 Å². The molecule has 0 heterocycles. The molecule has 0 unspecified atom stereocenters. The van der Waals surface area contributed by atoms with Gasteiger partial charge in [-0.15, -0.1) is 11.8 Å². The van der Waals surface area contributed by atoms with E-state index in [4.69, 9.17) is 15.3 Å². The summed E-state index contributed by atoms with van der Waals surface area (Å²) < 4.78 is 4.95. The van der Waals surface area contributed by atoms with E-state index in [-0.39, 0.29) is 23.7 Å². The zero-order chi connectivity index (χ0) is 16.5. The fraction of sp³-hybridized carbons (Fsp3) is 0.500. The Bertz CT molecular complexity index is 613. The molecule has 0 aromatic rings. The van der Waals surface area contributed by atoms with E-state index in [1.807, 2.05) is 18.2 Å². The molecule has 22 heavy (non-hydrogen) atoms. The Morgan fingerprint density at radius 2 is 1.95 bits per heavy atom. The first-order valence-corrected chi connectivity index (χ1v) is 8.25. The van der Waals surface area contributed by atoms with E-state index in [2.05, 4.69) is 0 Å². The summed E-state index contributed by atoms with van der Waals surface area (Å²) in [6.45, 7) is 1.89. The summed E-state index contributed by atoms with van der Waals surface area (Å²) in [7, 11) is 0. The van der Waals surface area contributed by atoms with Crippen LogP contribution in [-0.4, -0.2) is 18.8 Å². The van der Waals surface area contributed by atoms with Crippen molar-refractivity contribution in [1.82, 2.24) is 0 Å². The van der Waals surface area contributed by atoms with E-state index in [0.717, 1.165) is 19.3 Å². The first-order chi connectivity index (χ1) is 10.6. The smallest absolute Gasteiger partial charge is 0.348 e. The molecule has 0 aliphatic heterocycles. The zero-order valence-corrected chi connectivity index (χ0v) is 13.5. The van der Waals surface area contributed by atoms with Crippen LogP contribution >= 0.6 is 11.8 Å². The van der Waals surface area contributed by atoms with E-state index in [0.29, 0.717) is 16.9 Å². The van der Waals surface area contributed by atoms with Crippen LogP contribution in [0.1, 0.15) is 32.6 Å². The molecule has 114 valence electrons. The number of nitriles is 3. The van der Waals surface area contributed by atoms with Gasteiger partial charge in [0.05, 0.1) is 6.61 Å². The minimum Gasteiger partial charge on any atom is -0.462 e. The second kappa shape index (κ2) is 8.93. The number of carbonyl (C=O) groups is 1. The molecule has 0 radical (unpaired) electrons. The standard InChI is InChI=1S/C16H17N3O2S/c1-3-21-16(20)14(10-19)12-6-4-5-7-13(12)15(22-2)11(8-17)9-18/h13H,3-7H2,1-2H3/b14-12+/t13-/m0/s1. The van der Waals surface area contributed by atoms with E-state index in [1.54, 1.807) is 13.2 Å². The van der Waals surface area contributed by atoms with E-state index < -0.39 is 5.97 Å². The highest BCUT2D eigenvalue weighted by atomic mass is 32.2. The molecule has 1 atom stereocenters. The van der Waals surface area contributed by atoms with Gasteiger partial charge in [-0.25, -0.2) is 4.79 Å². The van der Waals surface area contributed by atoms with E-state index in [1.165, 1.54) is 11.8 Å². The van der Waals surface area contributed by atoms with Crippen molar-refractivity contribution in [3.63, 3.8) is 0 Å². The normalized spacial score (nSPS) is 19.1. The molecule has 0 aromatic heterocycles. The molecule has 0 amide bonds. The van der Waals surface area contributed by atoms with Crippen LogP contribution in [0.25, 0.3) is 0 Å². The van der Waals surface area contributed by atoms with Crippen molar-refractivity contribution in [3.05, 3.63) is 21.6 Å². The molecular weight excluding hydrogens is 298 g/mol. The molecule has 0 saturated heterocycles. The van der Waals surface area contributed by atoms with Gasteiger partial charge in [0.25, 0.3) is 0 Å². The Balaban J connectivity index is 3.41. The Hall–Kier alpha value is -2.23. The van der Waals surface area contributed by atoms with Gasteiger partial charge in [0.1, 0.15) is 29.4 Å². The summed E-state index contributed by atoms with van der Waals surface area (Å²) in [4.78, 5) is 12.6. The van der Waals surface area contributed by atoms with Crippen molar-refractivity contribution in [2.75, 3.05) is 12.9 Å². The molecule has 1 aliphatic carbocycles. The van der Waals surface area contributed by atoms with Crippen LogP contribution in [0.5, 0.6) is 0 Å². The second-order valence-electron chi connectivity index (χ2n) is 4.70. The van der Waals surface area contributed by atoms with Crippen LogP contribution < -0.4 is 0 Å². The number of nitrogens with zero attached hydrogens (tertiary/aromatic N) is 3. The third-order valence-corrected chi connectivity index (χ3v) is 4.46. The minimum atomic E-state index is -0.622. The predicted octanol–water partition coefficient (Wildman–Crippen LogP) is 3.22. The highest BCUT2D eigenvalue weighted by molar-refractivity contribution is 8.02. The van der Waals surface area contributed by atoms with Gasteiger partial charge in [0.15, 0.2) is 0 Å². The Morgan fingerprint density at radius 1 is 1.27 bits per heavy atom. The number of hydrogen-bond donors (Lipinski definition) is 0. The molecule has 0 bridgehead atoms. The van der Waals surface area contributed by atoms with Gasteiger partial charge in [-0.05, 0) is 38.0 Å². The number of allylic oxidation sites excluding steroid dienone is 3. The van der Waals surface area contributed by atoms with E-state index >= 15 is 0 Å². The summed E-state index contributed by atoms with van der Waals surface area (Å²) in [6.07, 6.45) is 4.95. The lowest BCUT2D eigenvalue weighted by Gasteiger charge is -2.27. The highest BCUT2D eigenvalue weighted by Crippen LogP contribution is 2.41. The number of esters is 1. The lowest BCUT2D eigenvalue weighted by molar-refractivity contribution is -0.138. The van der Waals surface area contributed by atoms with Crippen molar-refractivity contribution >= 4 is 17.7 Å². The molecule has 1 fully saturated rings. The quantitative estimate of drug-likeness (QED) is 0.449. The molecule has 1 rings (SSSR count). The predicted molar refractivity (Wildman–Crippen MR) is 83.0 cm³/mol. The van der Waals surface area contributed by atoms with Crippen LogP contribution in [0.2, 0.25) is 0 Å². The van der Waals surface area contributed by atoms with Gasteiger partial charge in [0, 0.05) is 10.8 Å². The van der Waals surface area contributed by atoms with Crippen LogP contribution in [0.15, 0.2) is 21.6 Å². The van der Waals surface area contributed by atoms with Crippen molar-refractivity contribution < 1.29 is 9.53 Å². The van der Waals surface area contributed by atoms with Crippen molar-refractivity contribution in [3.8, 4) is 18.2 Å². The van der Waals surface area contributed by atoms with Gasteiger partial charge in [0.2, 0.25) is 0 Å². The molecule has 1 saturated carbocycles. The van der Waals surface area contributed by atoms with Crippen LogP contribution in [0.3, 0.4) is 0 Å². The molecule has 5 nitrogen and oxygen atoms in total. The third-order valence-electron chi connectivity index (χ3n) is 3.53. The SMILES string of the molecule is CCOC(=O)/C(C#N)=C1\CCCC[C@@H]1C(SC)=C(C#N)C#N. The lowest BCUT2D eigenvalue weighted by atomic mass is 9.80. The molecule has 1 aliphatic rings. The van der Waals surface area contributed by atoms with Crippen molar-refractivity contribution in [2.45, 2.75) is 32.6 Å². The van der Waals surface area contributed by atoms with Crippen molar-refractivity contribution in [2.24, 2.45) is 5.92 Å². The average molecular weight is 315 g/mol. The van der Waals surface area contributed by atoms with Crippen LogP contribution in [-0.2, 0) is 9.53 Å². The zero-order valence-electron chi connectivity index (χ0n) is 12.7. The first kappa shape index (κ1) is 17.8. The highest BCUT2D eigenvalue weighted by Gasteiger charge is 2.30. The maximum Gasteiger partial charge on any atom is 0.348 e. The Kier molecular flexibility index (Phi) is 7.23. The molecule has 0 aromatic carbocycles. The second-order valence-corrected chi connectivity index (χ2v) is 5.55. The third kappa shape index (κ3) is 3.91. The molecule has 6 heteroatoms. The number of carbonyl (C=O) groups excluding carboxylic acids is 1. The largest absolute Gasteiger partial charge is 0.462 e. The molecule has 0 spiro atoms. The fourth-order valence-corrected chi connectivity index (χ4v) is 3.45. The number of thioether (sulfide) groups is 1. The number of ether oxygens (including phenoxy) is 1. The first-order valence-electron chi connectivity index (χ1n) is 7.03. The van der Waals surface area contributed by atoms with E-state index in [9.17, 15) is 10.1 Å².